The van der Waals surface area contributed by atoms with Crippen LogP contribution in [0.4, 0.5) is 4.39 Å². The highest BCUT2D eigenvalue weighted by molar-refractivity contribution is 7.94. The van der Waals surface area contributed by atoms with Crippen molar-refractivity contribution in [2.75, 3.05) is 0 Å². The Bertz CT molecular complexity index is 421. The molecule has 0 aromatic heterocycles. The van der Waals surface area contributed by atoms with Crippen LogP contribution in [0.25, 0.3) is 0 Å². The molecule has 0 radical (unpaired) electrons. The van der Waals surface area contributed by atoms with Gasteiger partial charge in [0.15, 0.2) is 0 Å². The van der Waals surface area contributed by atoms with E-state index >= 15 is 0 Å². The molecule has 1 aliphatic rings. The van der Waals surface area contributed by atoms with E-state index in [0.29, 0.717) is 12.3 Å². The predicted molar refractivity (Wildman–Crippen MR) is 79.5 cm³/mol. The fraction of sp³-hybridized carbons (Fsp3) is 0.625. The Morgan fingerprint density at radius 1 is 1.21 bits per heavy atom. The van der Waals surface area contributed by atoms with Crippen LogP contribution < -0.4 is 0 Å². The second-order valence-corrected chi connectivity index (χ2v) is 6.57. The summed E-state index contributed by atoms with van der Waals surface area (Å²) in [5, 5.41) is 0. The third kappa shape index (κ3) is 3.51. The van der Waals surface area contributed by atoms with Gasteiger partial charge in [-0.3, -0.25) is 0 Å². The molecule has 1 saturated carbocycles. The Kier molecular flexibility index (Phi) is 4.91. The zero-order valence-electron chi connectivity index (χ0n) is 12.2. The summed E-state index contributed by atoms with van der Waals surface area (Å²) < 4.78 is 19.2. The van der Waals surface area contributed by atoms with E-state index in [-0.39, 0.29) is 6.10 Å². The first kappa shape index (κ1) is 14.9. The SMILES string of the molecule is Cc1cc(C(C)C)cc(C)c1SOC1CCCC1F. The lowest BCUT2D eigenvalue weighted by atomic mass is 9.99. The van der Waals surface area contributed by atoms with Gasteiger partial charge in [0.05, 0.1) is 0 Å². The maximum atomic E-state index is 13.5. The van der Waals surface area contributed by atoms with Crippen molar-refractivity contribution in [1.82, 2.24) is 0 Å². The molecule has 19 heavy (non-hydrogen) atoms. The van der Waals surface area contributed by atoms with E-state index in [1.165, 1.54) is 28.7 Å². The standard InChI is InChI=1S/C16H23FOS/c1-10(2)13-8-11(3)16(12(4)9-13)19-18-15-7-5-6-14(15)17/h8-10,14-15H,5-7H2,1-4H3. The molecule has 1 fully saturated rings. The smallest absolute Gasteiger partial charge is 0.127 e. The number of rotatable bonds is 4. The molecular formula is C16H23FOS. The van der Waals surface area contributed by atoms with Gasteiger partial charge >= 0.3 is 0 Å². The first-order valence-electron chi connectivity index (χ1n) is 7.07. The highest BCUT2D eigenvalue weighted by atomic mass is 32.2. The van der Waals surface area contributed by atoms with E-state index in [9.17, 15) is 4.39 Å². The highest BCUT2D eigenvalue weighted by Gasteiger charge is 2.28. The van der Waals surface area contributed by atoms with Crippen molar-refractivity contribution < 1.29 is 8.57 Å². The quantitative estimate of drug-likeness (QED) is 0.689. The lowest BCUT2D eigenvalue weighted by molar-refractivity contribution is 0.149. The largest absolute Gasteiger partial charge is 0.304 e. The molecule has 3 heteroatoms. The Morgan fingerprint density at radius 2 is 1.84 bits per heavy atom. The van der Waals surface area contributed by atoms with Crippen LogP contribution >= 0.6 is 12.0 Å². The Morgan fingerprint density at radius 3 is 2.32 bits per heavy atom. The summed E-state index contributed by atoms with van der Waals surface area (Å²) in [6.07, 6.45) is 1.42. The van der Waals surface area contributed by atoms with Gasteiger partial charge in [0.2, 0.25) is 0 Å². The maximum Gasteiger partial charge on any atom is 0.127 e. The highest BCUT2D eigenvalue weighted by Crippen LogP contribution is 2.35. The minimum atomic E-state index is -0.789. The summed E-state index contributed by atoms with van der Waals surface area (Å²) in [6, 6.07) is 4.43. The van der Waals surface area contributed by atoms with Crippen molar-refractivity contribution in [2.45, 2.75) is 70.0 Å². The van der Waals surface area contributed by atoms with Crippen molar-refractivity contribution in [1.29, 1.82) is 0 Å². The number of hydrogen-bond acceptors (Lipinski definition) is 2. The average molecular weight is 282 g/mol. The lowest BCUT2D eigenvalue weighted by Crippen LogP contribution is -2.15. The predicted octanol–water partition coefficient (Wildman–Crippen LogP) is 5.34. The van der Waals surface area contributed by atoms with Crippen LogP contribution in [0.5, 0.6) is 0 Å². The first-order chi connectivity index (χ1) is 8.99. The number of hydrogen-bond donors (Lipinski definition) is 0. The van der Waals surface area contributed by atoms with Gasteiger partial charge in [-0.25, -0.2) is 4.39 Å². The molecule has 0 bridgehead atoms. The fourth-order valence-electron chi connectivity index (χ4n) is 2.55. The third-order valence-electron chi connectivity index (χ3n) is 3.78. The van der Waals surface area contributed by atoms with E-state index in [1.54, 1.807) is 0 Å². The Hall–Kier alpha value is -0.540. The summed E-state index contributed by atoms with van der Waals surface area (Å²) in [4.78, 5) is 1.14. The van der Waals surface area contributed by atoms with Gasteiger partial charge < -0.3 is 4.18 Å². The van der Waals surface area contributed by atoms with E-state index in [0.717, 1.165) is 17.7 Å². The van der Waals surface area contributed by atoms with Crippen LogP contribution in [0, 0.1) is 13.8 Å². The van der Waals surface area contributed by atoms with Crippen molar-refractivity contribution >= 4 is 12.0 Å². The van der Waals surface area contributed by atoms with Crippen LogP contribution in [0.1, 0.15) is 55.7 Å². The summed E-state index contributed by atoms with van der Waals surface area (Å²) >= 11 is 1.36. The first-order valence-corrected chi connectivity index (χ1v) is 7.81. The normalized spacial score (nSPS) is 23.3. The molecule has 2 unspecified atom stereocenters. The fourth-order valence-corrected chi connectivity index (χ4v) is 3.36. The molecule has 0 aliphatic heterocycles. The van der Waals surface area contributed by atoms with Crippen LogP contribution in [-0.4, -0.2) is 12.3 Å². The van der Waals surface area contributed by atoms with Crippen LogP contribution in [0.3, 0.4) is 0 Å². The monoisotopic (exact) mass is 282 g/mol. The van der Waals surface area contributed by atoms with E-state index in [4.69, 9.17) is 4.18 Å². The second-order valence-electron chi connectivity index (χ2n) is 5.80. The van der Waals surface area contributed by atoms with Gasteiger partial charge in [-0.05, 0) is 55.7 Å². The second kappa shape index (κ2) is 6.27. The van der Waals surface area contributed by atoms with Gasteiger partial charge in [0, 0.05) is 16.9 Å². The van der Waals surface area contributed by atoms with Crippen LogP contribution in [0.2, 0.25) is 0 Å². The number of alkyl halides is 1. The van der Waals surface area contributed by atoms with E-state index in [1.807, 2.05) is 0 Å². The van der Waals surface area contributed by atoms with Gasteiger partial charge in [-0.2, -0.15) is 0 Å². The maximum absolute atomic E-state index is 13.5. The van der Waals surface area contributed by atoms with E-state index in [2.05, 4.69) is 39.8 Å². The number of benzene rings is 1. The summed E-state index contributed by atoms with van der Waals surface area (Å²) in [6.45, 7) is 8.60. The summed E-state index contributed by atoms with van der Waals surface area (Å²) in [7, 11) is 0. The van der Waals surface area contributed by atoms with Gasteiger partial charge in [-0.15, -0.1) is 0 Å². The molecule has 0 N–H and O–H groups in total. The minimum absolute atomic E-state index is 0.228. The topological polar surface area (TPSA) is 9.23 Å². The summed E-state index contributed by atoms with van der Waals surface area (Å²) in [5.74, 6) is 0.530. The summed E-state index contributed by atoms with van der Waals surface area (Å²) in [5.41, 5.74) is 3.80. The molecule has 0 amide bonds. The molecule has 0 spiro atoms. The van der Waals surface area contributed by atoms with Gasteiger partial charge in [0.1, 0.15) is 12.3 Å². The molecule has 0 saturated heterocycles. The molecule has 0 heterocycles. The van der Waals surface area contributed by atoms with E-state index < -0.39 is 6.17 Å². The molecule has 1 aromatic carbocycles. The zero-order chi connectivity index (χ0) is 14.0. The van der Waals surface area contributed by atoms with Gasteiger partial charge in [0.25, 0.3) is 0 Å². The lowest BCUT2D eigenvalue weighted by Gasteiger charge is -2.17. The van der Waals surface area contributed by atoms with Crippen molar-refractivity contribution in [3.63, 3.8) is 0 Å². The number of halogens is 1. The molecule has 1 nitrogen and oxygen atoms in total. The van der Waals surface area contributed by atoms with Crippen molar-refractivity contribution in [2.24, 2.45) is 0 Å². The third-order valence-corrected chi connectivity index (χ3v) is 4.93. The molecular weight excluding hydrogens is 259 g/mol. The average Bonchev–Trinajstić information content (AvgIpc) is 2.73. The molecule has 2 atom stereocenters. The minimum Gasteiger partial charge on any atom is -0.304 e. The Labute approximate surface area is 120 Å². The van der Waals surface area contributed by atoms with Crippen molar-refractivity contribution in [3.05, 3.63) is 28.8 Å². The van der Waals surface area contributed by atoms with Crippen LogP contribution in [0.15, 0.2) is 17.0 Å². The molecule has 106 valence electrons. The Balaban J connectivity index is 2.08. The number of aryl methyl sites for hydroxylation is 2. The zero-order valence-corrected chi connectivity index (χ0v) is 13.0. The van der Waals surface area contributed by atoms with Crippen molar-refractivity contribution in [3.8, 4) is 0 Å². The molecule has 2 rings (SSSR count). The van der Waals surface area contributed by atoms with Crippen LogP contribution in [-0.2, 0) is 4.18 Å². The molecule has 1 aliphatic carbocycles. The molecule has 1 aromatic rings. The van der Waals surface area contributed by atoms with Gasteiger partial charge in [-0.1, -0.05) is 26.0 Å².